The van der Waals surface area contributed by atoms with Crippen molar-refractivity contribution >= 4 is 22.7 Å². The molecule has 0 N–H and O–H groups in total. The van der Waals surface area contributed by atoms with Gasteiger partial charge in [-0.3, -0.25) is 0 Å². The van der Waals surface area contributed by atoms with Crippen LogP contribution in [-0.2, 0) is 24.5 Å². The van der Waals surface area contributed by atoms with Gasteiger partial charge in [0.05, 0.1) is 19.6 Å². The van der Waals surface area contributed by atoms with Crippen molar-refractivity contribution in [3.63, 3.8) is 0 Å². The van der Waals surface area contributed by atoms with Crippen molar-refractivity contribution in [1.82, 2.24) is 0 Å². The summed E-state index contributed by atoms with van der Waals surface area (Å²) in [4.78, 5) is 22.9. The molecule has 0 spiro atoms. The number of ether oxygens (including phenoxy) is 6. The molecule has 5 aromatic carbocycles. The first-order chi connectivity index (χ1) is 23.9. The maximum Gasteiger partial charge on any atom is 0.330 e. The number of benzene rings is 5. The van der Waals surface area contributed by atoms with Crippen LogP contribution in [-0.4, -0.2) is 52.6 Å². The van der Waals surface area contributed by atoms with Crippen LogP contribution >= 0.6 is 0 Å². The normalized spacial score (nSPS) is 12.3. The number of hydrogen-bond donors (Lipinski definition) is 0. The molecule has 0 saturated heterocycles. The van der Waals surface area contributed by atoms with Crippen LogP contribution in [0.25, 0.3) is 21.9 Å². The van der Waals surface area contributed by atoms with Gasteiger partial charge in [-0.2, -0.15) is 0 Å². The Hall–Kier alpha value is -6.02. The second kappa shape index (κ2) is 14.4. The second-order valence-corrected chi connectivity index (χ2v) is 11.2. The quantitative estimate of drug-likeness (QED) is 0.0680. The van der Waals surface area contributed by atoms with Crippen molar-refractivity contribution in [2.24, 2.45) is 0 Å². The fourth-order valence-electron chi connectivity index (χ4n) is 6.54. The highest BCUT2D eigenvalue weighted by Crippen LogP contribution is 2.60. The third-order valence-electron chi connectivity index (χ3n) is 8.62. The van der Waals surface area contributed by atoms with Crippen LogP contribution in [0.4, 0.5) is 0 Å². The van der Waals surface area contributed by atoms with E-state index in [-0.39, 0.29) is 26.4 Å². The summed E-state index contributed by atoms with van der Waals surface area (Å²) < 4.78 is 33.6. The second-order valence-electron chi connectivity index (χ2n) is 11.2. The zero-order valence-corrected chi connectivity index (χ0v) is 27.4. The fourth-order valence-corrected chi connectivity index (χ4v) is 6.54. The molecule has 1 aliphatic rings. The van der Waals surface area contributed by atoms with E-state index in [2.05, 4.69) is 73.8 Å². The summed E-state index contributed by atoms with van der Waals surface area (Å²) in [5.74, 6) is 1.54. The van der Waals surface area contributed by atoms with E-state index in [1.54, 1.807) is 14.2 Å². The number of hydrogen-bond acceptors (Lipinski definition) is 8. The van der Waals surface area contributed by atoms with E-state index in [9.17, 15) is 9.59 Å². The topological polar surface area (TPSA) is 89.5 Å². The summed E-state index contributed by atoms with van der Waals surface area (Å²) >= 11 is 0. The van der Waals surface area contributed by atoms with Gasteiger partial charge in [-0.1, -0.05) is 73.8 Å². The molecule has 0 aromatic heterocycles. The van der Waals surface area contributed by atoms with Gasteiger partial charge in [0.25, 0.3) is 0 Å². The zero-order valence-electron chi connectivity index (χ0n) is 27.4. The molecule has 6 rings (SSSR count). The summed E-state index contributed by atoms with van der Waals surface area (Å²) in [5, 5.41) is 2.23. The van der Waals surface area contributed by atoms with Gasteiger partial charge >= 0.3 is 11.9 Å². The van der Waals surface area contributed by atoms with Gasteiger partial charge in [-0.25, -0.2) is 9.59 Å². The minimum absolute atomic E-state index is 0.107. The Morgan fingerprint density at radius 3 is 1.69 bits per heavy atom. The maximum absolute atomic E-state index is 11.4. The molecule has 49 heavy (non-hydrogen) atoms. The Labute approximate surface area is 285 Å². The number of carbonyl (C=O) groups is 2. The van der Waals surface area contributed by atoms with E-state index in [4.69, 9.17) is 28.4 Å². The van der Waals surface area contributed by atoms with Crippen LogP contribution in [0.3, 0.4) is 0 Å². The predicted octanol–water partition coefficient (Wildman–Crippen LogP) is 7.44. The molecule has 5 aromatic rings. The van der Waals surface area contributed by atoms with E-state index < -0.39 is 17.4 Å². The molecule has 8 nitrogen and oxygen atoms in total. The molecule has 8 heteroatoms. The van der Waals surface area contributed by atoms with E-state index in [1.807, 2.05) is 36.4 Å². The van der Waals surface area contributed by atoms with E-state index in [1.165, 1.54) is 0 Å². The molecular formula is C41H36O8. The van der Waals surface area contributed by atoms with Crippen LogP contribution < -0.4 is 18.9 Å². The standard InChI is InChI=1S/C41H36O8/c1-5-38(42)48-23-21-46-30-16-12-28(13-17-30)41(29-14-18-31(19-15-29)47-22-24-49-39(43)6-2)35-26-37(45-4)36(44-3)25-34(35)33-20-11-27-9-7-8-10-32(27)40(33)41/h5-20,25-26H,1-2,21-24H2,3-4H3. The minimum Gasteiger partial charge on any atom is -0.493 e. The highest BCUT2D eigenvalue weighted by molar-refractivity contribution is 6.00. The molecule has 1 aliphatic carbocycles. The van der Waals surface area contributed by atoms with Crippen LogP contribution in [0.5, 0.6) is 23.0 Å². The lowest BCUT2D eigenvalue weighted by atomic mass is 9.66. The van der Waals surface area contributed by atoms with Crippen molar-refractivity contribution in [3.8, 4) is 34.1 Å². The Morgan fingerprint density at radius 2 is 1.16 bits per heavy atom. The molecule has 0 fully saturated rings. The molecule has 248 valence electrons. The SMILES string of the molecule is C=CC(=O)OCCOc1ccc(C2(c3ccc(OCCOC(=O)C=C)cc3)c3cc(OC)c(OC)cc3-c3ccc4ccccc4c32)cc1. The largest absolute Gasteiger partial charge is 0.493 e. The molecule has 0 unspecified atom stereocenters. The monoisotopic (exact) mass is 656 g/mol. The Bertz CT molecular complexity index is 1940. The number of rotatable bonds is 14. The average Bonchev–Trinajstić information content (AvgIpc) is 3.45. The number of fused-ring (bicyclic) bond motifs is 5. The molecule has 0 aliphatic heterocycles. The lowest BCUT2D eigenvalue weighted by molar-refractivity contribution is -0.139. The van der Waals surface area contributed by atoms with E-state index in [0.717, 1.165) is 56.3 Å². The first-order valence-corrected chi connectivity index (χ1v) is 15.8. The molecule has 0 radical (unpaired) electrons. The van der Waals surface area contributed by atoms with Gasteiger partial charge in [0, 0.05) is 12.2 Å². The smallest absolute Gasteiger partial charge is 0.330 e. The number of methoxy groups -OCH3 is 2. The van der Waals surface area contributed by atoms with Crippen LogP contribution in [0, 0.1) is 0 Å². The van der Waals surface area contributed by atoms with E-state index in [0.29, 0.717) is 23.0 Å². The molecule has 0 heterocycles. The maximum atomic E-state index is 11.4. The molecule has 0 amide bonds. The van der Waals surface area contributed by atoms with Crippen molar-refractivity contribution in [2.75, 3.05) is 40.6 Å². The summed E-state index contributed by atoms with van der Waals surface area (Å²) in [5.41, 5.74) is 5.51. The van der Waals surface area contributed by atoms with Crippen LogP contribution in [0.2, 0.25) is 0 Å². The van der Waals surface area contributed by atoms with Gasteiger partial charge in [0.15, 0.2) is 11.5 Å². The summed E-state index contributed by atoms with van der Waals surface area (Å²) in [6.07, 6.45) is 2.25. The fraction of sp³-hybridized carbons (Fsp3) is 0.171. The number of carbonyl (C=O) groups excluding carboxylic acids is 2. The van der Waals surface area contributed by atoms with Crippen molar-refractivity contribution in [3.05, 3.63) is 145 Å². The first kappa shape index (κ1) is 32.9. The van der Waals surface area contributed by atoms with Gasteiger partial charge in [-0.15, -0.1) is 0 Å². The Kier molecular flexibility index (Phi) is 9.67. The first-order valence-electron chi connectivity index (χ1n) is 15.8. The molecule has 0 saturated carbocycles. The Morgan fingerprint density at radius 1 is 0.633 bits per heavy atom. The number of esters is 2. The average molecular weight is 657 g/mol. The van der Waals surface area contributed by atoms with Gasteiger partial charge in [0.1, 0.15) is 37.9 Å². The highest BCUT2D eigenvalue weighted by atomic mass is 16.6. The van der Waals surface area contributed by atoms with Crippen molar-refractivity contribution in [1.29, 1.82) is 0 Å². The van der Waals surface area contributed by atoms with Crippen LogP contribution in [0.1, 0.15) is 22.3 Å². The molecule has 0 atom stereocenters. The highest BCUT2D eigenvalue weighted by Gasteiger charge is 2.48. The van der Waals surface area contributed by atoms with Crippen molar-refractivity contribution < 1.29 is 38.0 Å². The lowest BCUT2D eigenvalue weighted by Gasteiger charge is -2.35. The molecular weight excluding hydrogens is 620 g/mol. The molecule has 0 bridgehead atoms. The van der Waals surface area contributed by atoms with Gasteiger partial charge < -0.3 is 28.4 Å². The van der Waals surface area contributed by atoms with Gasteiger partial charge in [0.2, 0.25) is 0 Å². The Balaban J connectivity index is 1.51. The summed E-state index contributed by atoms with van der Waals surface area (Å²) in [7, 11) is 3.28. The summed E-state index contributed by atoms with van der Waals surface area (Å²) in [6.45, 7) is 7.46. The third-order valence-corrected chi connectivity index (χ3v) is 8.62. The summed E-state index contributed by atoms with van der Waals surface area (Å²) in [6, 6.07) is 32.8. The zero-order chi connectivity index (χ0) is 34.4. The van der Waals surface area contributed by atoms with Crippen molar-refractivity contribution in [2.45, 2.75) is 5.41 Å². The van der Waals surface area contributed by atoms with Gasteiger partial charge in [-0.05, 0) is 80.6 Å². The van der Waals surface area contributed by atoms with E-state index >= 15 is 0 Å². The van der Waals surface area contributed by atoms with Crippen LogP contribution in [0.15, 0.2) is 122 Å². The third kappa shape index (κ3) is 6.21. The predicted molar refractivity (Wildman–Crippen MR) is 188 cm³/mol. The minimum atomic E-state index is -0.791. The lowest BCUT2D eigenvalue weighted by Crippen LogP contribution is -2.29.